The van der Waals surface area contributed by atoms with Crippen molar-refractivity contribution in [3.05, 3.63) is 22.7 Å². The first-order valence-electron chi connectivity index (χ1n) is 6.00. The van der Waals surface area contributed by atoms with Gasteiger partial charge in [0.15, 0.2) is 0 Å². The smallest absolute Gasteiger partial charge is 0.0574 e. The molecule has 0 radical (unpaired) electrons. The molecule has 0 amide bonds. The zero-order valence-corrected chi connectivity index (χ0v) is 12.4. The van der Waals surface area contributed by atoms with Crippen molar-refractivity contribution >= 4 is 27.3 Å². The van der Waals surface area contributed by atoms with Gasteiger partial charge in [-0.25, -0.2) is 0 Å². The molecule has 0 fully saturated rings. The largest absolute Gasteiger partial charge is 0.397 e. The lowest BCUT2D eigenvalue weighted by molar-refractivity contribution is 0.273. The fourth-order valence-electron chi connectivity index (χ4n) is 1.50. The summed E-state index contributed by atoms with van der Waals surface area (Å²) >= 11 is 3.40. The van der Waals surface area contributed by atoms with Gasteiger partial charge in [0.05, 0.1) is 11.4 Å². The molecule has 1 rings (SSSR count). The summed E-state index contributed by atoms with van der Waals surface area (Å²) in [4.78, 5) is 2.34. The van der Waals surface area contributed by atoms with Gasteiger partial charge in [0.25, 0.3) is 0 Å². The highest BCUT2D eigenvalue weighted by molar-refractivity contribution is 9.10. The Labute approximate surface area is 113 Å². The third-order valence-corrected chi connectivity index (χ3v) is 3.39. The van der Waals surface area contributed by atoms with E-state index < -0.39 is 0 Å². The highest BCUT2D eigenvalue weighted by Crippen LogP contribution is 2.22. The van der Waals surface area contributed by atoms with Crippen molar-refractivity contribution in [1.29, 1.82) is 0 Å². The predicted octanol–water partition coefficient (Wildman–Crippen LogP) is 3.17. The van der Waals surface area contributed by atoms with Crippen LogP contribution in [0.5, 0.6) is 0 Å². The van der Waals surface area contributed by atoms with Crippen molar-refractivity contribution in [2.45, 2.75) is 26.3 Å². The molecule has 17 heavy (non-hydrogen) atoms. The minimum atomic E-state index is 0.604. The molecule has 96 valence electrons. The Hall–Kier alpha value is -0.740. The van der Waals surface area contributed by atoms with Crippen LogP contribution in [-0.4, -0.2) is 31.1 Å². The molecule has 1 aromatic carbocycles. The number of benzene rings is 1. The van der Waals surface area contributed by atoms with Crippen LogP contribution in [0.15, 0.2) is 22.7 Å². The van der Waals surface area contributed by atoms with Crippen molar-refractivity contribution in [3.63, 3.8) is 0 Å². The molecule has 0 unspecified atom stereocenters. The Bertz CT molecular complexity index is 353. The molecule has 1 aromatic rings. The van der Waals surface area contributed by atoms with Gasteiger partial charge >= 0.3 is 0 Å². The van der Waals surface area contributed by atoms with Gasteiger partial charge in [-0.15, -0.1) is 0 Å². The molecule has 0 aliphatic rings. The topological polar surface area (TPSA) is 41.3 Å². The number of nitrogens with zero attached hydrogens (tertiary/aromatic N) is 1. The number of hydrogen-bond donors (Lipinski definition) is 2. The highest BCUT2D eigenvalue weighted by atomic mass is 79.9. The van der Waals surface area contributed by atoms with Gasteiger partial charge in [0.2, 0.25) is 0 Å². The summed E-state index contributed by atoms with van der Waals surface area (Å²) in [7, 11) is 2.15. The zero-order valence-electron chi connectivity index (χ0n) is 10.8. The molecule has 0 bridgehead atoms. The number of nitrogens with two attached hydrogens (primary N) is 1. The number of halogens is 1. The molecule has 0 aliphatic carbocycles. The van der Waals surface area contributed by atoms with E-state index in [4.69, 9.17) is 5.73 Å². The summed E-state index contributed by atoms with van der Waals surface area (Å²) in [6.45, 7) is 6.46. The molecule has 0 saturated heterocycles. The average molecular weight is 300 g/mol. The Balaban J connectivity index is 2.31. The van der Waals surface area contributed by atoms with Crippen molar-refractivity contribution in [1.82, 2.24) is 4.90 Å². The normalized spacial score (nSPS) is 11.2. The summed E-state index contributed by atoms with van der Waals surface area (Å²) in [5.41, 5.74) is 7.71. The van der Waals surface area contributed by atoms with Gasteiger partial charge in [-0.3, -0.25) is 0 Å². The summed E-state index contributed by atoms with van der Waals surface area (Å²) in [5, 5.41) is 3.36. The van der Waals surface area contributed by atoms with Crippen LogP contribution >= 0.6 is 15.9 Å². The zero-order chi connectivity index (χ0) is 12.8. The lowest BCUT2D eigenvalue weighted by Crippen LogP contribution is -2.28. The van der Waals surface area contributed by atoms with Gasteiger partial charge in [-0.1, -0.05) is 15.9 Å². The maximum atomic E-state index is 5.91. The molecule has 0 aromatic heterocycles. The summed E-state index contributed by atoms with van der Waals surface area (Å²) in [6, 6.07) is 6.53. The average Bonchev–Trinajstić information content (AvgIpc) is 2.26. The third-order valence-electron chi connectivity index (χ3n) is 2.90. The molecule has 0 aliphatic heterocycles. The Morgan fingerprint density at radius 3 is 2.71 bits per heavy atom. The fourth-order valence-corrected chi connectivity index (χ4v) is 1.88. The molecule has 3 N–H and O–H groups in total. The van der Waals surface area contributed by atoms with Gasteiger partial charge < -0.3 is 16.0 Å². The Morgan fingerprint density at radius 2 is 2.12 bits per heavy atom. The minimum absolute atomic E-state index is 0.604. The van der Waals surface area contributed by atoms with Crippen molar-refractivity contribution in [2.75, 3.05) is 31.2 Å². The molecular formula is C13H22BrN3. The molecule has 0 heterocycles. The van der Waals surface area contributed by atoms with E-state index >= 15 is 0 Å². The van der Waals surface area contributed by atoms with Gasteiger partial charge in [0.1, 0.15) is 0 Å². The Kier molecular flexibility index (Phi) is 5.78. The van der Waals surface area contributed by atoms with E-state index in [2.05, 4.69) is 47.0 Å². The first kappa shape index (κ1) is 14.3. The van der Waals surface area contributed by atoms with E-state index in [-0.39, 0.29) is 0 Å². The minimum Gasteiger partial charge on any atom is -0.397 e. The maximum Gasteiger partial charge on any atom is 0.0574 e. The number of rotatable bonds is 6. The van der Waals surface area contributed by atoms with Gasteiger partial charge in [-0.2, -0.15) is 0 Å². The van der Waals surface area contributed by atoms with Crippen LogP contribution in [0.25, 0.3) is 0 Å². The molecule has 3 nitrogen and oxygen atoms in total. The van der Waals surface area contributed by atoms with Crippen LogP contribution in [0.3, 0.4) is 0 Å². The van der Waals surface area contributed by atoms with Crippen LogP contribution < -0.4 is 11.1 Å². The number of anilines is 2. The fraction of sp³-hybridized carbons (Fsp3) is 0.538. The molecule has 0 spiro atoms. The molecule has 4 heteroatoms. The summed E-state index contributed by atoms with van der Waals surface area (Å²) in [6.07, 6.45) is 1.12. The molecule has 0 saturated carbocycles. The third kappa shape index (κ3) is 4.96. The number of nitrogens with one attached hydrogen (secondary N) is 1. The van der Waals surface area contributed by atoms with Gasteiger partial charge in [0, 0.05) is 17.1 Å². The SMILES string of the molecule is CC(C)N(C)CCCNc1ccc(Br)cc1N. The first-order chi connectivity index (χ1) is 8.00. The van der Waals surface area contributed by atoms with Crippen LogP contribution in [-0.2, 0) is 0 Å². The standard InChI is InChI=1S/C13H22BrN3/c1-10(2)17(3)8-4-7-16-13-6-5-11(14)9-12(13)15/h5-6,9-10,16H,4,7-8,15H2,1-3H3. The summed E-state index contributed by atoms with van der Waals surface area (Å²) in [5.74, 6) is 0. The Morgan fingerprint density at radius 1 is 1.41 bits per heavy atom. The van der Waals surface area contributed by atoms with Gasteiger partial charge in [-0.05, 0) is 52.1 Å². The quantitative estimate of drug-likeness (QED) is 0.626. The van der Waals surface area contributed by atoms with E-state index in [1.54, 1.807) is 0 Å². The first-order valence-corrected chi connectivity index (χ1v) is 6.79. The number of hydrogen-bond acceptors (Lipinski definition) is 3. The van der Waals surface area contributed by atoms with E-state index in [9.17, 15) is 0 Å². The monoisotopic (exact) mass is 299 g/mol. The van der Waals surface area contributed by atoms with Crippen LogP contribution in [0.4, 0.5) is 11.4 Å². The summed E-state index contributed by atoms with van der Waals surface area (Å²) < 4.78 is 1.01. The lowest BCUT2D eigenvalue weighted by atomic mass is 10.2. The van der Waals surface area contributed by atoms with E-state index in [0.29, 0.717) is 6.04 Å². The highest BCUT2D eigenvalue weighted by Gasteiger charge is 2.02. The van der Waals surface area contributed by atoms with Crippen LogP contribution in [0.2, 0.25) is 0 Å². The van der Waals surface area contributed by atoms with E-state index in [1.807, 2.05) is 18.2 Å². The lowest BCUT2D eigenvalue weighted by Gasteiger charge is -2.21. The van der Waals surface area contributed by atoms with Crippen LogP contribution in [0, 0.1) is 0 Å². The van der Waals surface area contributed by atoms with Crippen molar-refractivity contribution in [2.24, 2.45) is 0 Å². The predicted molar refractivity (Wildman–Crippen MR) is 79.4 cm³/mol. The molecule has 0 atom stereocenters. The number of nitrogen functional groups attached to an aromatic ring is 1. The second-order valence-corrected chi connectivity index (χ2v) is 5.50. The van der Waals surface area contributed by atoms with E-state index in [0.717, 1.165) is 35.4 Å². The van der Waals surface area contributed by atoms with Crippen molar-refractivity contribution < 1.29 is 0 Å². The maximum absolute atomic E-state index is 5.91. The van der Waals surface area contributed by atoms with Crippen LogP contribution in [0.1, 0.15) is 20.3 Å². The van der Waals surface area contributed by atoms with E-state index in [1.165, 1.54) is 0 Å². The van der Waals surface area contributed by atoms with Crippen molar-refractivity contribution in [3.8, 4) is 0 Å². The second kappa shape index (κ2) is 6.87. The molecular weight excluding hydrogens is 278 g/mol. The second-order valence-electron chi connectivity index (χ2n) is 4.59.